The average molecular weight is 271 g/mol. The molecular weight excluding hydrogens is 250 g/mol. The quantitative estimate of drug-likeness (QED) is 0.905. The van der Waals surface area contributed by atoms with Crippen LogP contribution >= 0.6 is 0 Å². The topological polar surface area (TPSA) is 63.6 Å². The Kier molecular flexibility index (Phi) is 4.74. The number of hydrogen-bond donors (Lipinski definition) is 1. The van der Waals surface area contributed by atoms with E-state index in [-0.39, 0.29) is 6.04 Å². The van der Waals surface area contributed by atoms with Gasteiger partial charge in [0.15, 0.2) is 5.82 Å². The van der Waals surface area contributed by atoms with Gasteiger partial charge in [0.1, 0.15) is 11.5 Å². The molecule has 0 radical (unpaired) electrons. The molecule has 0 aromatic carbocycles. The number of rotatable bonds is 5. The van der Waals surface area contributed by atoms with E-state index in [9.17, 15) is 0 Å². The molecule has 2 aromatic rings. The normalized spacial score (nSPS) is 12.4. The zero-order valence-corrected chi connectivity index (χ0v) is 12.5. The molecule has 0 aliphatic rings. The fourth-order valence-corrected chi connectivity index (χ4v) is 2.08. The van der Waals surface area contributed by atoms with Crippen molar-refractivity contribution in [3.05, 3.63) is 35.5 Å². The Bertz CT molecular complexity index is 582. The highest BCUT2D eigenvalue weighted by Crippen LogP contribution is 2.18. The summed E-state index contributed by atoms with van der Waals surface area (Å²) in [6.45, 7) is 9.16. The predicted molar refractivity (Wildman–Crippen MR) is 79.2 cm³/mol. The molecule has 0 saturated carbocycles. The van der Waals surface area contributed by atoms with Crippen molar-refractivity contribution < 1.29 is 0 Å². The minimum absolute atomic E-state index is 0.260. The van der Waals surface area contributed by atoms with Crippen LogP contribution in [0.25, 0.3) is 11.5 Å². The van der Waals surface area contributed by atoms with Gasteiger partial charge >= 0.3 is 0 Å². The fraction of sp³-hybridized carbons (Fsp3) is 0.467. The zero-order chi connectivity index (χ0) is 14.5. The molecule has 1 atom stereocenters. The van der Waals surface area contributed by atoms with Crippen molar-refractivity contribution in [2.45, 2.75) is 40.2 Å². The van der Waals surface area contributed by atoms with Crippen molar-refractivity contribution in [1.29, 1.82) is 0 Å². The summed E-state index contributed by atoms with van der Waals surface area (Å²) in [7, 11) is 0. The molecule has 2 rings (SSSR count). The highest BCUT2D eigenvalue weighted by Gasteiger charge is 2.11. The molecule has 106 valence electrons. The minimum Gasteiger partial charge on any atom is -0.310 e. The summed E-state index contributed by atoms with van der Waals surface area (Å²) >= 11 is 0. The van der Waals surface area contributed by atoms with Crippen LogP contribution in [0, 0.1) is 13.8 Å². The maximum Gasteiger partial charge on any atom is 0.178 e. The van der Waals surface area contributed by atoms with Crippen LogP contribution in [0.5, 0.6) is 0 Å². The van der Waals surface area contributed by atoms with E-state index in [2.05, 4.69) is 39.1 Å². The van der Waals surface area contributed by atoms with Crippen LogP contribution in [0.15, 0.2) is 18.5 Å². The summed E-state index contributed by atoms with van der Waals surface area (Å²) in [5.41, 5.74) is 2.89. The van der Waals surface area contributed by atoms with Gasteiger partial charge in [-0.3, -0.25) is 0 Å². The van der Waals surface area contributed by atoms with Crippen LogP contribution in [-0.4, -0.2) is 26.5 Å². The van der Waals surface area contributed by atoms with Crippen molar-refractivity contribution in [3.8, 4) is 11.5 Å². The second-order valence-corrected chi connectivity index (χ2v) is 4.90. The Morgan fingerprint density at radius 3 is 2.65 bits per heavy atom. The highest BCUT2D eigenvalue weighted by atomic mass is 15.0. The number of aromatic nitrogens is 4. The fourth-order valence-electron chi connectivity index (χ4n) is 2.08. The Hall–Kier alpha value is -1.88. The molecule has 1 N–H and O–H groups in total. The molecule has 2 aromatic heterocycles. The summed E-state index contributed by atoms with van der Waals surface area (Å²) in [6.07, 6.45) is 4.74. The van der Waals surface area contributed by atoms with Gasteiger partial charge in [0.2, 0.25) is 0 Å². The van der Waals surface area contributed by atoms with Gasteiger partial charge < -0.3 is 5.32 Å². The van der Waals surface area contributed by atoms with Gasteiger partial charge in [0.25, 0.3) is 0 Å². The van der Waals surface area contributed by atoms with E-state index in [1.165, 1.54) is 0 Å². The molecular formula is C15H21N5. The van der Waals surface area contributed by atoms with Gasteiger partial charge in [-0.1, -0.05) is 6.92 Å². The predicted octanol–water partition coefficient (Wildman–Crippen LogP) is 2.61. The van der Waals surface area contributed by atoms with Crippen LogP contribution in [0.4, 0.5) is 0 Å². The van der Waals surface area contributed by atoms with E-state index in [4.69, 9.17) is 0 Å². The van der Waals surface area contributed by atoms with Crippen molar-refractivity contribution >= 4 is 0 Å². The number of hydrogen-bond acceptors (Lipinski definition) is 5. The summed E-state index contributed by atoms with van der Waals surface area (Å²) in [4.78, 5) is 17.5. The van der Waals surface area contributed by atoms with E-state index < -0.39 is 0 Å². The molecule has 0 fully saturated rings. The first-order valence-electron chi connectivity index (χ1n) is 6.98. The number of nitrogens with zero attached hydrogens (tertiary/aromatic N) is 4. The summed E-state index contributed by atoms with van der Waals surface area (Å²) in [5.74, 6) is 1.38. The molecule has 5 heteroatoms. The molecule has 0 saturated heterocycles. The Morgan fingerprint density at radius 1 is 1.20 bits per heavy atom. The molecule has 5 nitrogen and oxygen atoms in total. The van der Waals surface area contributed by atoms with E-state index >= 15 is 0 Å². The number of aryl methyl sites for hydroxylation is 2. The Balaban J connectivity index is 2.25. The van der Waals surface area contributed by atoms with Gasteiger partial charge in [0, 0.05) is 29.7 Å². The molecule has 2 heterocycles. The third-order valence-electron chi connectivity index (χ3n) is 3.19. The zero-order valence-electron chi connectivity index (χ0n) is 12.5. The molecule has 0 spiro atoms. The van der Waals surface area contributed by atoms with E-state index in [1.807, 2.05) is 26.1 Å². The lowest BCUT2D eigenvalue weighted by Gasteiger charge is -2.15. The van der Waals surface area contributed by atoms with E-state index in [1.54, 1.807) is 6.20 Å². The maximum absolute atomic E-state index is 4.57. The Labute approximate surface area is 119 Å². The van der Waals surface area contributed by atoms with E-state index in [0.29, 0.717) is 5.82 Å². The van der Waals surface area contributed by atoms with Gasteiger partial charge in [-0.15, -0.1) is 0 Å². The first kappa shape index (κ1) is 14.5. The molecule has 1 unspecified atom stereocenters. The lowest BCUT2D eigenvalue weighted by molar-refractivity contribution is 0.564. The standard InChI is InChI=1S/C15H21N5/c1-5-7-16-10(2)13-9-18-15(19-11(13)3)14-6-8-17-12(4)20-14/h6,8-10,16H,5,7H2,1-4H3. The van der Waals surface area contributed by atoms with E-state index in [0.717, 1.165) is 35.7 Å². The monoisotopic (exact) mass is 271 g/mol. The van der Waals surface area contributed by atoms with Gasteiger partial charge in [0.05, 0.1) is 0 Å². The van der Waals surface area contributed by atoms with Crippen molar-refractivity contribution in [3.63, 3.8) is 0 Å². The number of nitrogens with one attached hydrogen (secondary N) is 1. The van der Waals surface area contributed by atoms with Crippen LogP contribution in [0.3, 0.4) is 0 Å². The lowest BCUT2D eigenvalue weighted by Crippen LogP contribution is -2.20. The molecule has 0 amide bonds. The highest BCUT2D eigenvalue weighted by molar-refractivity contribution is 5.48. The Morgan fingerprint density at radius 2 is 2.00 bits per heavy atom. The van der Waals surface area contributed by atoms with Crippen LogP contribution in [0.1, 0.15) is 43.4 Å². The SMILES string of the molecule is CCCNC(C)c1cnc(-c2ccnc(C)n2)nc1C. The van der Waals surface area contributed by atoms with Crippen LogP contribution in [0.2, 0.25) is 0 Å². The van der Waals surface area contributed by atoms with Crippen molar-refractivity contribution in [2.24, 2.45) is 0 Å². The molecule has 0 bridgehead atoms. The summed E-state index contributed by atoms with van der Waals surface area (Å²) < 4.78 is 0. The van der Waals surface area contributed by atoms with Crippen molar-refractivity contribution in [2.75, 3.05) is 6.54 Å². The minimum atomic E-state index is 0.260. The summed E-state index contributed by atoms with van der Waals surface area (Å²) in [5, 5.41) is 3.45. The first-order chi connectivity index (χ1) is 9.61. The van der Waals surface area contributed by atoms with Gasteiger partial charge in [-0.25, -0.2) is 19.9 Å². The second kappa shape index (κ2) is 6.52. The molecule has 0 aliphatic heterocycles. The van der Waals surface area contributed by atoms with Gasteiger partial charge in [-0.05, 0) is 39.8 Å². The maximum atomic E-state index is 4.57. The summed E-state index contributed by atoms with van der Waals surface area (Å²) in [6, 6.07) is 2.09. The second-order valence-electron chi connectivity index (χ2n) is 4.90. The lowest BCUT2D eigenvalue weighted by atomic mass is 10.1. The largest absolute Gasteiger partial charge is 0.310 e. The molecule has 0 aliphatic carbocycles. The third kappa shape index (κ3) is 3.36. The van der Waals surface area contributed by atoms with Crippen molar-refractivity contribution in [1.82, 2.24) is 25.3 Å². The smallest absolute Gasteiger partial charge is 0.178 e. The van der Waals surface area contributed by atoms with Gasteiger partial charge in [-0.2, -0.15) is 0 Å². The van der Waals surface area contributed by atoms with Crippen LogP contribution in [-0.2, 0) is 0 Å². The van der Waals surface area contributed by atoms with Crippen LogP contribution < -0.4 is 5.32 Å². The third-order valence-corrected chi connectivity index (χ3v) is 3.19. The average Bonchev–Trinajstić information content (AvgIpc) is 2.44. The first-order valence-corrected chi connectivity index (χ1v) is 6.98. The molecule has 20 heavy (non-hydrogen) atoms.